The number of likely N-dealkylation sites (tertiary alicyclic amines) is 1. The van der Waals surface area contributed by atoms with Crippen LogP contribution in [0.15, 0.2) is 24.3 Å². The monoisotopic (exact) mass is 332 g/mol. The Morgan fingerprint density at radius 3 is 2.88 bits per heavy atom. The molecule has 1 fully saturated rings. The minimum Gasteiger partial charge on any atom is -0.491 e. The first kappa shape index (κ1) is 18.1. The zero-order chi connectivity index (χ0) is 17.6. The van der Waals surface area contributed by atoms with E-state index in [4.69, 9.17) is 19.5 Å². The number of hydrogen-bond acceptors (Lipinski definition) is 5. The lowest BCUT2D eigenvalue weighted by Crippen LogP contribution is -2.36. The van der Waals surface area contributed by atoms with E-state index in [1.54, 1.807) is 29.2 Å². The molecule has 6 nitrogen and oxygen atoms in total. The lowest BCUT2D eigenvalue weighted by molar-refractivity contribution is 0.0171. The predicted molar refractivity (Wildman–Crippen MR) is 88.8 cm³/mol. The lowest BCUT2D eigenvalue weighted by atomic mass is 10.2. The van der Waals surface area contributed by atoms with Gasteiger partial charge in [-0.25, -0.2) is 4.79 Å². The first-order chi connectivity index (χ1) is 11.4. The van der Waals surface area contributed by atoms with Gasteiger partial charge in [-0.1, -0.05) is 6.07 Å². The molecule has 0 unspecified atom stereocenters. The van der Waals surface area contributed by atoms with Gasteiger partial charge in [-0.3, -0.25) is 0 Å². The number of rotatable bonds is 5. The van der Waals surface area contributed by atoms with E-state index in [0.29, 0.717) is 37.6 Å². The summed E-state index contributed by atoms with van der Waals surface area (Å²) < 4.78 is 16.7. The van der Waals surface area contributed by atoms with Crippen molar-refractivity contribution in [1.29, 1.82) is 5.26 Å². The highest BCUT2D eigenvalue weighted by atomic mass is 16.6. The molecule has 0 saturated carbocycles. The number of nitrogens with zero attached hydrogens (tertiary/aromatic N) is 2. The molecule has 1 saturated heterocycles. The van der Waals surface area contributed by atoms with Gasteiger partial charge < -0.3 is 19.1 Å². The Hall–Kier alpha value is -2.26. The van der Waals surface area contributed by atoms with Gasteiger partial charge >= 0.3 is 6.09 Å². The van der Waals surface area contributed by atoms with E-state index >= 15 is 0 Å². The highest BCUT2D eigenvalue weighted by Crippen LogP contribution is 2.17. The second kappa shape index (κ2) is 8.02. The molecule has 6 heteroatoms. The number of nitriles is 1. The van der Waals surface area contributed by atoms with Gasteiger partial charge in [0, 0.05) is 6.54 Å². The second-order valence-electron chi connectivity index (χ2n) is 6.70. The fourth-order valence-electron chi connectivity index (χ4n) is 2.39. The molecular weight excluding hydrogens is 308 g/mol. The molecule has 1 aromatic carbocycles. The van der Waals surface area contributed by atoms with Crippen LogP contribution in [0.4, 0.5) is 4.79 Å². The molecule has 1 aromatic rings. The quantitative estimate of drug-likeness (QED) is 0.775. The summed E-state index contributed by atoms with van der Waals surface area (Å²) in [5.41, 5.74) is 0.0826. The van der Waals surface area contributed by atoms with E-state index in [-0.39, 0.29) is 12.2 Å². The van der Waals surface area contributed by atoms with E-state index in [9.17, 15) is 4.79 Å². The molecule has 1 heterocycles. The maximum atomic E-state index is 12.0. The van der Waals surface area contributed by atoms with E-state index in [0.717, 1.165) is 6.42 Å². The molecule has 0 aliphatic carbocycles. The van der Waals surface area contributed by atoms with E-state index < -0.39 is 5.60 Å². The zero-order valence-corrected chi connectivity index (χ0v) is 14.4. The van der Waals surface area contributed by atoms with Crippen molar-refractivity contribution in [2.24, 2.45) is 0 Å². The van der Waals surface area contributed by atoms with Crippen LogP contribution in [0.2, 0.25) is 0 Å². The average Bonchev–Trinajstić information content (AvgIpc) is 2.99. The third-order valence-corrected chi connectivity index (χ3v) is 3.47. The number of amides is 1. The second-order valence-corrected chi connectivity index (χ2v) is 6.70. The van der Waals surface area contributed by atoms with Crippen LogP contribution in [-0.2, 0) is 9.47 Å². The van der Waals surface area contributed by atoms with Crippen LogP contribution in [-0.4, -0.2) is 49.0 Å². The normalized spacial score (nSPS) is 17.4. The maximum absolute atomic E-state index is 12.0. The predicted octanol–water partition coefficient (Wildman–Crippen LogP) is 2.96. The topological polar surface area (TPSA) is 71.8 Å². The van der Waals surface area contributed by atoms with Gasteiger partial charge in [0.1, 0.15) is 18.0 Å². The first-order valence-corrected chi connectivity index (χ1v) is 8.10. The highest BCUT2D eigenvalue weighted by Gasteiger charge is 2.30. The van der Waals surface area contributed by atoms with Crippen LogP contribution in [0.5, 0.6) is 5.75 Å². The Balaban J connectivity index is 1.67. The summed E-state index contributed by atoms with van der Waals surface area (Å²) in [6.07, 6.45) is 0.508. The van der Waals surface area contributed by atoms with Crippen molar-refractivity contribution < 1.29 is 19.0 Å². The molecule has 130 valence electrons. The molecule has 1 aliphatic heterocycles. The Morgan fingerprint density at radius 2 is 2.17 bits per heavy atom. The van der Waals surface area contributed by atoms with Gasteiger partial charge in [0.2, 0.25) is 0 Å². The minimum absolute atomic E-state index is 0.00608. The Bertz CT molecular complexity index is 604. The highest BCUT2D eigenvalue weighted by molar-refractivity contribution is 5.68. The van der Waals surface area contributed by atoms with Crippen molar-refractivity contribution >= 4 is 6.09 Å². The summed E-state index contributed by atoms with van der Waals surface area (Å²) in [6, 6.07) is 9.09. The largest absolute Gasteiger partial charge is 0.491 e. The molecule has 1 amide bonds. The van der Waals surface area contributed by atoms with Gasteiger partial charge in [-0.05, 0) is 45.4 Å². The summed E-state index contributed by atoms with van der Waals surface area (Å²) in [6.45, 7) is 7.58. The molecule has 0 bridgehead atoms. The molecule has 0 aromatic heterocycles. The maximum Gasteiger partial charge on any atom is 0.410 e. The zero-order valence-electron chi connectivity index (χ0n) is 14.4. The van der Waals surface area contributed by atoms with Gasteiger partial charge in [0.05, 0.1) is 30.9 Å². The third-order valence-electron chi connectivity index (χ3n) is 3.47. The van der Waals surface area contributed by atoms with Gasteiger partial charge in [0.25, 0.3) is 0 Å². The van der Waals surface area contributed by atoms with Crippen LogP contribution < -0.4 is 4.74 Å². The smallest absolute Gasteiger partial charge is 0.410 e. The van der Waals surface area contributed by atoms with E-state index in [2.05, 4.69) is 6.07 Å². The van der Waals surface area contributed by atoms with Crippen molar-refractivity contribution in [3.05, 3.63) is 29.8 Å². The Morgan fingerprint density at radius 1 is 1.38 bits per heavy atom. The summed E-state index contributed by atoms with van der Waals surface area (Å²) in [5, 5.41) is 8.84. The number of ether oxygens (including phenoxy) is 3. The summed E-state index contributed by atoms with van der Waals surface area (Å²) >= 11 is 0. The van der Waals surface area contributed by atoms with Crippen LogP contribution in [0, 0.1) is 11.3 Å². The van der Waals surface area contributed by atoms with Crippen LogP contribution in [0.25, 0.3) is 0 Å². The van der Waals surface area contributed by atoms with Crippen LogP contribution in [0.3, 0.4) is 0 Å². The van der Waals surface area contributed by atoms with Gasteiger partial charge in [-0.2, -0.15) is 5.26 Å². The minimum atomic E-state index is -0.484. The van der Waals surface area contributed by atoms with Gasteiger partial charge in [-0.15, -0.1) is 0 Å². The van der Waals surface area contributed by atoms with Crippen molar-refractivity contribution in [1.82, 2.24) is 4.90 Å². The van der Waals surface area contributed by atoms with Gasteiger partial charge in [0.15, 0.2) is 0 Å². The molecule has 0 N–H and O–H groups in total. The summed E-state index contributed by atoms with van der Waals surface area (Å²) in [5.74, 6) is 0.652. The van der Waals surface area contributed by atoms with E-state index in [1.165, 1.54) is 0 Å². The number of carbonyl (C=O) groups is 1. The molecule has 1 aliphatic rings. The Labute approximate surface area is 142 Å². The fourth-order valence-corrected chi connectivity index (χ4v) is 2.39. The Kier molecular flexibility index (Phi) is 6.04. The van der Waals surface area contributed by atoms with Crippen molar-refractivity contribution in [2.75, 3.05) is 26.3 Å². The standard InChI is InChI=1S/C18H24N2O4/c1-18(2,3)24-17(21)20-8-7-16(13-20)23-10-9-22-15-6-4-5-14(11-15)12-19/h4-6,11,16H,7-10,13H2,1-3H3/t16-/m0/s1. The summed E-state index contributed by atoms with van der Waals surface area (Å²) in [7, 11) is 0. The third kappa shape index (κ3) is 5.74. The molecule has 0 spiro atoms. The van der Waals surface area contributed by atoms with Crippen LogP contribution in [0.1, 0.15) is 32.8 Å². The van der Waals surface area contributed by atoms with Crippen molar-refractivity contribution in [3.8, 4) is 11.8 Å². The van der Waals surface area contributed by atoms with E-state index in [1.807, 2.05) is 20.8 Å². The first-order valence-electron chi connectivity index (χ1n) is 8.10. The number of hydrogen-bond donors (Lipinski definition) is 0. The van der Waals surface area contributed by atoms with Crippen molar-refractivity contribution in [2.45, 2.75) is 38.9 Å². The van der Waals surface area contributed by atoms with Crippen LogP contribution >= 0.6 is 0 Å². The number of carbonyl (C=O) groups excluding carboxylic acids is 1. The molecule has 24 heavy (non-hydrogen) atoms. The lowest BCUT2D eigenvalue weighted by Gasteiger charge is -2.24. The fraction of sp³-hybridized carbons (Fsp3) is 0.556. The average molecular weight is 332 g/mol. The molecular formula is C18H24N2O4. The summed E-state index contributed by atoms with van der Waals surface area (Å²) in [4.78, 5) is 13.7. The van der Waals surface area contributed by atoms with Crippen molar-refractivity contribution in [3.63, 3.8) is 0 Å². The molecule has 1 atom stereocenters. The number of benzene rings is 1. The molecule has 0 radical (unpaired) electrons. The molecule has 2 rings (SSSR count). The SMILES string of the molecule is CC(C)(C)OC(=O)N1CC[C@H](OCCOc2cccc(C#N)c2)C1.